The zero-order chi connectivity index (χ0) is 14.7. The summed E-state index contributed by atoms with van der Waals surface area (Å²) in [5.74, 6) is 0. The Labute approximate surface area is 109 Å². The smallest absolute Gasteiger partial charge is 0.0863 e. The highest BCUT2D eigenvalue weighted by molar-refractivity contribution is 6.61. The SMILES string of the molecule is C=C[Si]([N+](=O)C(C)C)([N+](=O)C(C)C)[N+](=O)C(C)C. The summed E-state index contributed by atoms with van der Waals surface area (Å²) in [7, 11) is -3.67. The van der Waals surface area contributed by atoms with E-state index in [0.717, 1.165) is 0 Å². The van der Waals surface area contributed by atoms with Crippen LogP contribution in [0.2, 0.25) is 0 Å². The van der Waals surface area contributed by atoms with Gasteiger partial charge in [0.15, 0.2) is 18.1 Å². The van der Waals surface area contributed by atoms with E-state index < -0.39 is 26.7 Å². The summed E-state index contributed by atoms with van der Waals surface area (Å²) >= 11 is 0. The Morgan fingerprint density at radius 3 is 1.11 bits per heavy atom. The van der Waals surface area contributed by atoms with Gasteiger partial charge in [-0.2, -0.15) is 0 Å². The van der Waals surface area contributed by atoms with Crippen molar-refractivity contribution in [2.45, 2.75) is 59.7 Å². The van der Waals surface area contributed by atoms with Crippen molar-refractivity contribution >= 4 is 8.56 Å². The first kappa shape index (κ1) is 16.8. The molecule has 7 heteroatoms. The van der Waals surface area contributed by atoms with Crippen molar-refractivity contribution < 1.29 is 13.3 Å². The van der Waals surface area contributed by atoms with E-state index in [9.17, 15) is 14.7 Å². The number of nitrogens with zero attached hydrogens (tertiary/aromatic N) is 3. The molecule has 0 aromatic carbocycles. The molecule has 0 radical (unpaired) electrons. The molecule has 0 N–H and O–H groups in total. The molecule has 0 spiro atoms. The lowest BCUT2D eigenvalue weighted by molar-refractivity contribution is -0.700. The summed E-state index contributed by atoms with van der Waals surface area (Å²) in [6.45, 7) is 13.6. The zero-order valence-corrected chi connectivity index (χ0v) is 13.1. The van der Waals surface area contributed by atoms with Crippen LogP contribution in [0, 0.1) is 14.7 Å². The fraction of sp³-hybridized carbons (Fsp3) is 0.818. The highest BCUT2D eigenvalue weighted by Gasteiger charge is 2.92. The Hall–Kier alpha value is -1.24. The minimum Gasteiger partial charge on any atom is -0.0863 e. The molecule has 6 nitrogen and oxygen atoms in total. The first-order valence-corrected chi connectivity index (χ1v) is 8.07. The molecule has 0 fully saturated rings. The second kappa shape index (κ2) is 6.08. The van der Waals surface area contributed by atoms with Crippen LogP contribution in [0.5, 0.6) is 0 Å². The number of rotatable bonds is 7. The normalized spacial score (nSPS) is 12.1. The minimum atomic E-state index is -3.67. The maximum atomic E-state index is 12.3. The van der Waals surface area contributed by atoms with Crippen LogP contribution >= 0.6 is 0 Å². The van der Waals surface area contributed by atoms with Crippen molar-refractivity contribution in [2.75, 3.05) is 0 Å². The summed E-state index contributed by atoms with van der Waals surface area (Å²) in [6.07, 6.45) is 0. The van der Waals surface area contributed by atoms with E-state index in [-0.39, 0.29) is 0 Å². The lowest BCUT2D eigenvalue weighted by Gasteiger charge is -2.06. The quantitative estimate of drug-likeness (QED) is 0.669. The van der Waals surface area contributed by atoms with E-state index in [1.54, 1.807) is 41.5 Å². The van der Waals surface area contributed by atoms with Crippen LogP contribution in [0.1, 0.15) is 41.5 Å². The summed E-state index contributed by atoms with van der Waals surface area (Å²) in [4.78, 5) is 36.9. The lowest BCUT2D eigenvalue weighted by Crippen LogP contribution is -2.67. The molecular weight excluding hydrogens is 250 g/mol. The van der Waals surface area contributed by atoms with Crippen molar-refractivity contribution in [1.82, 2.24) is 0 Å². The molecule has 0 atom stereocenters. The van der Waals surface area contributed by atoms with Gasteiger partial charge in [0.1, 0.15) is 5.70 Å². The average molecular weight is 274 g/mol. The summed E-state index contributed by atoms with van der Waals surface area (Å²) in [5.41, 5.74) is 1.26. The number of nitroso groups, excluding NO2 is 3. The largest absolute Gasteiger partial charge is 1.16 e. The first-order chi connectivity index (χ1) is 8.12. The van der Waals surface area contributed by atoms with Crippen LogP contribution in [0.15, 0.2) is 12.3 Å². The predicted octanol–water partition coefficient (Wildman–Crippen LogP) is 2.21. The maximum Gasteiger partial charge on any atom is 1.16 e. The van der Waals surface area contributed by atoms with Crippen molar-refractivity contribution in [1.29, 1.82) is 0 Å². The van der Waals surface area contributed by atoms with E-state index in [2.05, 4.69) is 6.58 Å². The monoisotopic (exact) mass is 274 g/mol. The molecule has 0 unspecified atom stereocenters. The van der Waals surface area contributed by atoms with Gasteiger partial charge in [-0.15, -0.1) is 0 Å². The molecule has 102 valence electrons. The van der Waals surface area contributed by atoms with Gasteiger partial charge in [-0.25, -0.2) is 0 Å². The number of hydrogen-bond donors (Lipinski definition) is 0. The fourth-order valence-electron chi connectivity index (χ4n) is 1.70. The van der Waals surface area contributed by atoms with Gasteiger partial charge in [-0.05, 0) is 41.5 Å². The van der Waals surface area contributed by atoms with Gasteiger partial charge in [-0.3, -0.25) is 0 Å². The highest BCUT2D eigenvalue weighted by atomic mass is 28.4. The van der Waals surface area contributed by atoms with Gasteiger partial charge >= 0.3 is 8.56 Å². The second-order valence-corrected chi connectivity index (χ2v) is 8.26. The van der Waals surface area contributed by atoms with Crippen molar-refractivity contribution in [2.24, 2.45) is 0 Å². The minimum absolute atomic E-state index is 0.444. The molecular formula is C11H24N3O3Si+3. The molecule has 0 saturated carbocycles. The van der Waals surface area contributed by atoms with Crippen LogP contribution in [-0.4, -0.2) is 40.0 Å². The molecule has 0 aromatic heterocycles. The van der Waals surface area contributed by atoms with E-state index >= 15 is 0 Å². The standard InChI is InChI=1S/C11H24N3O3Si/c1-8-18(12(15)9(2)3,13(16)10(4)5)14(17)11(6)7/h8-11H,1H2,2-7H3/q+3. The van der Waals surface area contributed by atoms with Crippen molar-refractivity contribution in [3.8, 4) is 0 Å². The predicted molar refractivity (Wildman–Crippen MR) is 72.2 cm³/mol. The molecule has 0 saturated heterocycles. The van der Waals surface area contributed by atoms with E-state index in [4.69, 9.17) is 0 Å². The van der Waals surface area contributed by atoms with Gasteiger partial charge in [0.25, 0.3) is 0 Å². The van der Waals surface area contributed by atoms with E-state index in [1.807, 2.05) is 0 Å². The first-order valence-electron chi connectivity index (χ1n) is 6.15. The third-order valence-electron chi connectivity index (χ3n) is 2.65. The Bertz CT molecular complexity index is 327. The highest BCUT2D eigenvalue weighted by Crippen LogP contribution is 2.17. The summed E-state index contributed by atoms with van der Waals surface area (Å²) < 4.78 is 1.92. The Balaban J connectivity index is 5.94. The molecule has 0 rings (SSSR count). The van der Waals surface area contributed by atoms with Crippen LogP contribution in [0.4, 0.5) is 0 Å². The Morgan fingerprint density at radius 1 is 0.778 bits per heavy atom. The van der Waals surface area contributed by atoms with E-state index in [1.165, 1.54) is 5.70 Å². The summed E-state index contributed by atoms with van der Waals surface area (Å²) in [5, 5.41) is 0. The third kappa shape index (κ3) is 2.77. The zero-order valence-electron chi connectivity index (χ0n) is 12.1. The van der Waals surface area contributed by atoms with Crippen LogP contribution in [0.3, 0.4) is 0 Å². The molecule has 18 heavy (non-hydrogen) atoms. The van der Waals surface area contributed by atoms with Gasteiger partial charge in [0.2, 0.25) is 0 Å². The molecule has 0 aliphatic rings. The van der Waals surface area contributed by atoms with Gasteiger partial charge < -0.3 is 0 Å². The Kier molecular flexibility index (Phi) is 5.66. The van der Waals surface area contributed by atoms with Crippen molar-refractivity contribution in [3.05, 3.63) is 27.0 Å². The van der Waals surface area contributed by atoms with Crippen LogP contribution in [-0.2, 0) is 0 Å². The molecule has 0 aliphatic carbocycles. The fourth-order valence-corrected chi connectivity index (χ4v) is 5.10. The third-order valence-corrected chi connectivity index (χ3v) is 6.70. The number of hydrogen-bond acceptors (Lipinski definition) is 3. The second-order valence-electron chi connectivity index (χ2n) is 5.15. The van der Waals surface area contributed by atoms with Crippen LogP contribution in [0.25, 0.3) is 0 Å². The maximum absolute atomic E-state index is 12.3. The Morgan fingerprint density at radius 2 is 1.00 bits per heavy atom. The van der Waals surface area contributed by atoms with Gasteiger partial charge in [-0.1, -0.05) is 6.58 Å². The molecule has 0 heterocycles. The molecule has 0 bridgehead atoms. The average Bonchev–Trinajstić information content (AvgIpc) is 2.29. The van der Waals surface area contributed by atoms with Crippen LogP contribution < -0.4 is 0 Å². The molecule has 0 aromatic rings. The topological polar surface area (TPSA) is 60.2 Å². The van der Waals surface area contributed by atoms with Gasteiger partial charge in [0.05, 0.1) is 13.3 Å². The summed E-state index contributed by atoms with van der Waals surface area (Å²) in [6, 6.07) is -1.33. The van der Waals surface area contributed by atoms with E-state index in [0.29, 0.717) is 13.3 Å². The molecule has 0 amide bonds. The van der Waals surface area contributed by atoms with Gasteiger partial charge in [0, 0.05) is 14.7 Å². The lowest BCUT2D eigenvalue weighted by atomic mass is 10.4. The van der Waals surface area contributed by atoms with Crippen molar-refractivity contribution in [3.63, 3.8) is 0 Å². The molecule has 0 aliphatic heterocycles.